The molecule has 2 aliphatic rings. The van der Waals surface area contributed by atoms with Crippen LogP contribution in [-0.2, 0) is 9.53 Å². The van der Waals surface area contributed by atoms with Crippen molar-refractivity contribution < 1.29 is 14.3 Å². The smallest absolute Gasteiger partial charge is 0.407 e. The topological polar surface area (TPSA) is 58.6 Å². The van der Waals surface area contributed by atoms with E-state index in [-0.39, 0.29) is 17.9 Å². The molecule has 0 spiro atoms. The van der Waals surface area contributed by atoms with E-state index in [0.717, 1.165) is 45.1 Å². The largest absolute Gasteiger partial charge is 0.453 e. The number of alkyl carbamates (subject to hydrolysis) is 1. The van der Waals surface area contributed by atoms with Gasteiger partial charge < -0.3 is 15.0 Å². The van der Waals surface area contributed by atoms with E-state index < -0.39 is 12.1 Å². The van der Waals surface area contributed by atoms with Crippen LogP contribution in [0.15, 0.2) is 0 Å². The van der Waals surface area contributed by atoms with Gasteiger partial charge in [0.2, 0.25) is 5.91 Å². The standard InChI is InChI=1S/C14H24N2O3/c1-10-6-5-9-16(10)13(17)12(15-14(18)19-2)11-7-3-4-8-11/h10-12H,3-9H2,1-2H3,(H,15,18)/t10-,12?/m1/s1. The Morgan fingerprint density at radius 1 is 1.21 bits per heavy atom. The van der Waals surface area contributed by atoms with Crippen LogP contribution in [0.4, 0.5) is 4.79 Å². The third-order valence-corrected chi connectivity index (χ3v) is 4.43. The summed E-state index contributed by atoms with van der Waals surface area (Å²) in [6, 6.07) is -0.119. The molecule has 1 aliphatic heterocycles. The molecule has 0 aromatic rings. The van der Waals surface area contributed by atoms with Crippen molar-refractivity contribution in [3.05, 3.63) is 0 Å². The third-order valence-electron chi connectivity index (χ3n) is 4.43. The molecule has 5 nitrogen and oxygen atoms in total. The van der Waals surface area contributed by atoms with Gasteiger partial charge in [-0.15, -0.1) is 0 Å². The Kier molecular flexibility index (Phi) is 4.66. The van der Waals surface area contributed by atoms with E-state index in [4.69, 9.17) is 0 Å². The quantitative estimate of drug-likeness (QED) is 0.850. The van der Waals surface area contributed by atoms with Crippen molar-refractivity contribution in [1.29, 1.82) is 0 Å². The fourth-order valence-corrected chi connectivity index (χ4v) is 3.30. The molecule has 1 heterocycles. The number of hydrogen-bond acceptors (Lipinski definition) is 3. The highest BCUT2D eigenvalue weighted by molar-refractivity contribution is 5.86. The van der Waals surface area contributed by atoms with Gasteiger partial charge in [0.25, 0.3) is 0 Å². The van der Waals surface area contributed by atoms with Crippen LogP contribution in [0.2, 0.25) is 0 Å². The van der Waals surface area contributed by atoms with E-state index in [1.54, 1.807) is 0 Å². The number of nitrogens with one attached hydrogen (secondary N) is 1. The molecule has 1 unspecified atom stereocenters. The van der Waals surface area contributed by atoms with Gasteiger partial charge in [0.15, 0.2) is 0 Å². The lowest BCUT2D eigenvalue weighted by Gasteiger charge is -2.30. The molecule has 2 atom stereocenters. The summed E-state index contributed by atoms with van der Waals surface area (Å²) in [5, 5.41) is 2.75. The number of methoxy groups -OCH3 is 1. The average molecular weight is 268 g/mol. The minimum atomic E-state index is -0.503. The molecule has 1 N–H and O–H groups in total. The molecule has 1 aliphatic carbocycles. The van der Waals surface area contributed by atoms with Gasteiger partial charge in [0.1, 0.15) is 6.04 Å². The van der Waals surface area contributed by atoms with Gasteiger partial charge in [0, 0.05) is 12.6 Å². The lowest BCUT2D eigenvalue weighted by Crippen LogP contribution is -2.52. The molecule has 1 saturated heterocycles. The number of likely N-dealkylation sites (tertiary alicyclic amines) is 1. The van der Waals surface area contributed by atoms with E-state index in [1.165, 1.54) is 7.11 Å². The van der Waals surface area contributed by atoms with Crippen LogP contribution in [0, 0.1) is 5.92 Å². The van der Waals surface area contributed by atoms with E-state index >= 15 is 0 Å². The Labute approximate surface area is 114 Å². The maximum absolute atomic E-state index is 12.7. The van der Waals surface area contributed by atoms with Crippen LogP contribution in [0.1, 0.15) is 45.4 Å². The summed E-state index contributed by atoms with van der Waals surface area (Å²) < 4.78 is 4.66. The maximum Gasteiger partial charge on any atom is 0.407 e. The van der Waals surface area contributed by atoms with Gasteiger partial charge in [-0.3, -0.25) is 4.79 Å². The van der Waals surface area contributed by atoms with E-state index in [9.17, 15) is 9.59 Å². The fraction of sp³-hybridized carbons (Fsp3) is 0.857. The van der Waals surface area contributed by atoms with Crippen molar-refractivity contribution in [3.63, 3.8) is 0 Å². The van der Waals surface area contributed by atoms with Gasteiger partial charge in [-0.05, 0) is 38.5 Å². The molecule has 2 amide bonds. The van der Waals surface area contributed by atoms with E-state index in [2.05, 4.69) is 17.0 Å². The molecular weight excluding hydrogens is 244 g/mol. The van der Waals surface area contributed by atoms with Crippen molar-refractivity contribution >= 4 is 12.0 Å². The molecular formula is C14H24N2O3. The number of nitrogens with zero attached hydrogens (tertiary/aromatic N) is 1. The number of amides is 2. The molecule has 0 radical (unpaired) electrons. The fourth-order valence-electron chi connectivity index (χ4n) is 3.30. The first-order valence-corrected chi connectivity index (χ1v) is 7.28. The minimum absolute atomic E-state index is 0.0716. The summed E-state index contributed by atoms with van der Waals surface area (Å²) in [7, 11) is 1.34. The molecule has 5 heteroatoms. The Morgan fingerprint density at radius 3 is 2.42 bits per heavy atom. The van der Waals surface area contributed by atoms with Gasteiger partial charge in [0.05, 0.1) is 7.11 Å². The highest BCUT2D eigenvalue weighted by Gasteiger charge is 2.37. The normalized spacial score (nSPS) is 25.4. The van der Waals surface area contributed by atoms with Crippen LogP contribution in [-0.4, -0.2) is 42.6 Å². The minimum Gasteiger partial charge on any atom is -0.453 e. The van der Waals surface area contributed by atoms with Crippen molar-refractivity contribution in [2.24, 2.45) is 5.92 Å². The molecule has 2 rings (SSSR count). The number of hydrogen-bond donors (Lipinski definition) is 1. The SMILES string of the molecule is COC(=O)NC(C(=O)N1CCC[C@H]1C)C1CCCC1. The molecule has 108 valence electrons. The summed E-state index contributed by atoms with van der Waals surface area (Å²) >= 11 is 0. The van der Waals surface area contributed by atoms with Crippen LogP contribution < -0.4 is 5.32 Å². The summed E-state index contributed by atoms with van der Waals surface area (Å²) in [6.45, 7) is 2.89. The van der Waals surface area contributed by atoms with Gasteiger partial charge in [-0.25, -0.2) is 4.79 Å². The lowest BCUT2D eigenvalue weighted by molar-refractivity contribution is -0.135. The Balaban J connectivity index is 2.06. The first-order chi connectivity index (χ1) is 9.13. The highest BCUT2D eigenvalue weighted by Crippen LogP contribution is 2.30. The number of carbonyl (C=O) groups excluding carboxylic acids is 2. The maximum atomic E-state index is 12.7. The van der Waals surface area contributed by atoms with Crippen molar-refractivity contribution in [2.45, 2.75) is 57.5 Å². The summed E-state index contributed by atoms with van der Waals surface area (Å²) in [5.41, 5.74) is 0. The highest BCUT2D eigenvalue weighted by atomic mass is 16.5. The monoisotopic (exact) mass is 268 g/mol. The summed E-state index contributed by atoms with van der Waals surface area (Å²) in [6.07, 6.45) is 5.94. The predicted molar refractivity (Wildman–Crippen MR) is 71.7 cm³/mol. The Hall–Kier alpha value is -1.26. The van der Waals surface area contributed by atoms with Gasteiger partial charge >= 0.3 is 6.09 Å². The van der Waals surface area contributed by atoms with E-state index in [0.29, 0.717) is 0 Å². The average Bonchev–Trinajstić information content (AvgIpc) is 3.05. The van der Waals surface area contributed by atoms with E-state index in [1.807, 2.05) is 4.90 Å². The Bertz CT molecular complexity index is 340. The second-order valence-corrected chi connectivity index (χ2v) is 5.68. The van der Waals surface area contributed by atoms with Crippen LogP contribution in [0.25, 0.3) is 0 Å². The van der Waals surface area contributed by atoms with Gasteiger partial charge in [-0.2, -0.15) is 0 Å². The zero-order chi connectivity index (χ0) is 13.8. The van der Waals surface area contributed by atoms with Crippen molar-refractivity contribution in [1.82, 2.24) is 10.2 Å². The second kappa shape index (κ2) is 6.26. The van der Waals surface area contributed by atoms with Crippen molar-refractivity contribution in [2.75, 3.05) is 13.7 Å². The Morgan fingerprint density at radius 2 is 1.89 bits per heavy atom. The third kappa shape index (κ3) is 3.19. The first kappa shape index (κ1) is 14.2. The number of rotatable bonds is 3. The van der Waals surface area contributed by atoms with Gasteiger partial charge in [-0.1, -0.05) is 12.8 Å². The van der Waals surface area contributed by atoms with Crippen LogP contribution in [0.5, 0.6) is 0 Å². The molecule has 0 aromatic heterocycles. The van der Waals surface area contributed by atoms with Crippen LogP contribution in [0.3, 0.4) is 0 Å². The molecule has 2 fully saturated rings. The molecule has 1 saturated carbocycles. The van der Waals surface area contributed by atoms with Crippen LogP contribution >= 0.6 is 0 Å². The van der Waals surface area contributed by atoms with Crippen molar-refractivity contribution in [3.8, 4) is 0 Å². The molecule has 0 aromatic carbocycles. The summed E-state index contributed by atoms with van der Waals surface area (Å²) in [5.74, 6) is 0.335. The predicted octanol–water partition coefficient (Wildman–Crippen LogP) is 1.91. The molecule has 0 bridgehead atoms. The number of carbonyl (C=O) groups is 2. The lowest BCUT2D eigenvalue weighted by atomic mass is 9.96. The number of ether oxygens (including phenoxy) is 1. The summed E-state index contributed by atoms with van der Waals surface area (Å²) in [4.78, 5) is 26.0. The molecule has 19 heavy (non-hydrogen) atoms. The zero-order valence-corrected chi connectivity index (χ0v) is 11.9. The second-order valence-electron chi connectivity index (χ2n) is 5.68. The zero-order valence-electron chi connectivity index (χ0n) is 11.9. The first-order valence-electron chi connectivity index (χ1n) is 7.28.